The predicted molar refractivity (Wildman–Crippen MR) is 187 cm³/mol. The van der Waals surface area contributed by atoms with Gasteiger partial charge in [0.1, 0.15) is 29.4 Å². The van der Waals surface area contributed by atoms with Crippen LogP contribution in [0.25, 0.3) is 11.3 Å². The summed E-state index contributed by atoms with van der Waals surface area (Å²) in [6.07, 6.45) is 0.831. The Kier molecular flexibility index (Phi) is 10.4. The fourth-order valence-electron chi connectivity index (χ4n) is 6.40. The van der Waals surface area contributed by atoms with E-state index in [4.69, 9.17) is 23.9 Å². The van der Waals surface area contributed by atoms with Crippen LogP contribution < -0.4 is 9.64 Å². The third kappa shape index (κ3) is 8.67. The van der Waals surface area contributed by atoms with Gasteiger partial charge < -0.3 is 28.7 Å². The lowest BCUT2D eigenvalue weighted by atomic mass is 9.93. The highest BCUT2D eigenvalue weighted by atomic mass is 16.6. The molecule has 1 aromatic heterocycles. The van der Waals surface area contributed by atoms with Gasteiger partial charge >= 0.3 is 12.1 Å². The zero-order chi connectivity index (χ0) is 34.8. The molecule has 9 heteroatoms. The van der Waals surface area contributed by atoms with Gasteiger partial charge in [0.2, 0.25) is 0 Å². The van der Waals surface area contributed by atoms with Gasteiger partial charge in [-0.15, -0.1) is 0 Å². The molecule has 1 saturated heterocycles. The average molecular weight is 658 g/mol. The molecule has 2 aromatic carbocycles. The van der Waals surface area contributed by atoms with Crippen LogP contribution in [0.4, 0.5) is 10.6 Å². The van der Waals surface area contributed by atoms with Gasteiger partial charge in [-0.2, -0.15) is 0 Å². The molecular weight excluding hydrogens is 606 g/mol. The number of carbonyl (C=O) groups is 2. The Balaban J connectivity index is 1.30. The molecule has 48 heavy (non-hydrogen) atoms. The van der Waals surface area contributed by atoms with Crippen LogP contribution in [0.2, 0.25) is 0 Å². The van der Waals surface area contributed by atoms with E-state index in [0.29, 0.717) is 39.2 Å². The number of piperidine rings is 1. The van der Waals surface area contributed by atoms with Crippen LogP contribution in [0.1, 0.15) is 75.8 Å². The van der Waals surface area contributed by atoms with Crippen LogP contribution in [-0.2, 0) is 38.6 Å². The molecule has 0 radical (unpaired) electrons. The van der Waals surface area contributed by atoms with Gasteiger partial charge in [0.15, 0.2) is 0 Å². The van der Waals surface area contributed by atoms with Crippen molar-refractivity contribution < 1.29 is 28.5 Å². The zero-order valence-corrected chi connectivity index (χ0v) is 30.0. The van der Waals surface area contributed by atoms with Gasteiger partial charge in [0.25, 0.3) is 0 Å². The summed E-state index contributed by atoms with van der Waals surface area (Å²) >= 11 is 0. The second kappa shape index (κ2) is 14.2. The number of methoxy groups -OCH3 is 1. The second-order valence-corrected chi connectivity index (χ2v) is 15.0. The molecule has 1 fully saturated rings. The fourth-order valence-corrected chi connectivity index (χ4v) is 6.40. The van der Waals surface area contributed by atoms with Crippen molar-refractivity contribution in [3.8, 4) is 17.0 Å². The number of amides is 1. The molecule has 0 bridgehead atoms. The molecule has 5 rings (SSSR count). The summed E-state index contributed by atoms with van der Waals surface area (Å²) in [7, 11) is 1.65. The molecule has 258 valence electrons. The summed E-state index contributed by atoms with van der Waals surface area (Å²) in [6.45, 7) is 18.3. The number of hydrogen-bond acceptors (Lipinski definition) is 8. The summed E-state index contributed by atoms with van der Waals surface area (Å²) < 4.78 is 23.6. The molecule has 2 aliphatic heterocycles. The van der Waals surface area contributed by atoms with Crippen LogP contribution in [0.15, 0.2) is 48.5 Å². The maximum Gasteiger partial charge on any atom is 0.410 e. The van der Waals surface area contributed by atoms with E-state index in [9.17, 15) is 9.59 Å². The second-order valence-electron chi connectivity index (χ2n) is 15.0. The third-order valence-corrected chi connectivity index (χ3v) is 8.71. The molecule has 3 heterocycles. The minimum atomic E-state index is -0.542. The Bertz CT molecular complexity index is 1640. The van der Waals surface area contributed by atoms with Crippen molar-refractivity contribution in [3.63, 3.8) is 0 Å². The first kappa shape index (κ1) is 35.2. The number of rotatable bonds is 7. The molecule has 9 nitrogen and oxygen atoms in total. The van der Waals surface area contributed by atoms with E-state index in [1.54, 1.807) is 12.0 Å². The number of anilines is 1. The highest BCUT2D eigenvalue weighted by Gasteiger charge is 2.37. The first-order valence-electron chi connectivity index (χ1n) is 16.9. The number of aromatic nitrogens is 1. The topological polar surface area (TPSA) is 90.4 Å². The van der Waals surface area contributed by atoms with E-state index >= 15 is 0 Å². The number of esters is 1. The van der Waals surface area contributed by atoms with Gasteiger partial charge in [0.05, 0.1) is 17.7 Å². The van der Waals surface area contributed by atoms with E-state index in [1.165, 1.54) is 11.1 Å². The number of carbonyl (C=O) groups excluding carboxylic acids is 2. The first-order chi connectivity index (χ1) is 22.6. The van der Waals surface area contributed by atoms with E-state index in [1.807, 2.05) is 65.8 Å². The number of aryl methyl sites for hydroxylation is 2. The lowest BCUT2D eigenvalue weighted by Gasteiger charge is -2.38. The van der Waals surface area contributed by atoms with Crippen molar-refractivity contribution in [2.24, 2.45) is 5.92 Å². The van der Waals surface area contributed by atoms with Gasteiger partial charge in [-0.05, 0) is 115 Å². The maximum atomic E-state index is 12.9. The molecule has 2 aliphatic rings. The summed E-state index contributed by atoms with van der Waals surface area (Å²) in [5.41, 5.74) is 6.44. The lowest BCUT2D eigenvalue weighted by molar-refractivity contribution is -0.165. The smallest absolute Gasteiger partial charge is 0.410 e. The Morgan fingerprint density at radius 2 is 1.69 bits per heavy atom. The maximum absolute atomic E-state index is 12.9. The Morgan fingerprint density at radius 3 is 2.40 bits per heavy atom. The van der Waals surface area contributed by atoms with Crippen molar-refractivity contribution in [1.29, 1.82) is 0 Å². The van der Waals surface area contributed by atoms with Crippen LogP contribution in [-0.4, -0.2) is 66.0 Å². The molecule has 0 spiro atoms. The monoisotopic (exact) mass is 657 g/mol. The predicted octanol–water partition coefficient (Wildman–Crippen LogP) is 7.42. The molecule has 3 aromatic rings. The molecule has 1 amide bonds. The Hall–Kier alpha value is -4.11. The summed E-state index contributed by atoms with van der Waals surface area (Å²) in [5.74, 6) is 1.06. The summed E-state index contributed by atoms with van der Waals surface area (Å²) in [5, 5.41) is 0. The third-order valence-electron chi connectivity index (χ3n) is 8.71. The van der Waals surface area contributed by atoms with Crippen molar-refractivity contribution >= 4 is 17.9 Å². The van der Waals surface area contributed by atoms with Gasteiger partial charge in [0, 0.05) is 38.9 Å². The molecule has 0 N–H and O–H groups in total. The molecule has 2 atom stereocenters. The van der Waals surface area contributed by atoms with Crippen LogP contribution in [0.3, 0.4) is 0 Å². The van der Waals surface area contributed by atoms with E-state index in [2.05, 4.69) is 43.0 Å². The summed E-state index contributed by atoms with van der Waals surface area (Å²) in [4.78, 5) is 34.6. The number of pyridine rings is 1. The fraction of sp³-hybridized carbons (Fsp3) is 0.513. The molecule has 0 unspecified atom stereocenters. The SMILES string of the molecule is CO[C@@H]1CN(c2cccc(-c3cc(C)ccc3OCc3cc(C)c4c(c3)CCN(C(=O)OC(C)(C)C)C4)n2)CC[C@@H]1C(=O)OC(C)(C)C. The average Bonchev–Trinajstić information content (AvgIpc) is 3.02. The van der Waals surface area contributed by atoms with Crippen molar-refractivity contribution in [2.75, 3.05) is 31.6 Å². The van der Waals surface area contributed by atoms with Crippen molar-refractivity contribution in [1.82, 2.24) is 9.88 Å². The van der Waals surface area contributed by atoms with Crippen LogP contribution >= 0.6 is 0 Å². The molecular formula is C39H51N3O6. The largest absolute Gasteiger partial charge is 0.488 e. The molecule has 0 aliphatic carbocycles. The highest BCUT2D eigenvalue weighted by Crippen LogP contribution is 2.34. The number of fused-ring (bicyclic) bond motifs is 1. The minimum absolute atomic E-state index is 0.214. The quantitative estimate of drug-likeness (QED) is 0.243. The number of hydrogen-bond donors (Lipinski definition) is 0. The Labute approximate surface area is 285 Å². The Morgan fingerprint density at radius 1 is 0.938 bits per heavy atom. The van der Waals surface area contributed by atoms with Crippen LogP contribution in [0, 0.1) is 19.8 Å². The molecule has 0 saturated carbocycles. The minimum Gasteiger partial charge on any atom is -0.488 e. The highest BCUT2D eigenvalue weighted by molar-refractivity contribution is 5.74. The van der Waals surface area contributed by atoms with E-state index in [-0.39, 0.29) is 24.1 Å². The first-order valence-corrected chi connectivity index (χ1v) is 16.9. The van der Waals surface area contributed by atoms with Crippen molar-refractivity contribution in [3.05, 3.63) is 76.3 Å². The standard InChI is InChI=1S/C39H51N3O6/c1-25-13-14-33(46-24-27-20-26(2)31-22-42(17-15-28(31)21-27)37(44)48-39(6,7)8)30(19-25)32-11-10-12-35(40-32)41-18-16-29(34(23-41)45-9)36(43)47-38(3,4)5/h10-14,19-21,29,34H,15-18,22-24H2,1-9H3/t29-,34+/m0/s1. The van der Waals surface area contributed by atoms with Gasteiger partial charge in [-0.3, -0.25) is 4.79 Å². The summed E-state index contributed by atoms with van der Waals surface area (Å²) in [6, 6.07) is 16.5. The zero-order valence-electron chi connectivity index (χ0n) is 30.0. The number of nitrogens with zero attached hydrogens (tertiary/aromatic N) is 3. The van der Waals surface area contributed by atoms with Crippen molar-refractivity contribution in [2.45, 2.75) is 98.7 Å². The van der Waals surface area contributed by atoms with E-state index < -0.39 is 11.2 Å². The lowest BCUT2D eigenvalue weighted by Crippen LogP contribution is -2.49. The normalized spacial score (nSPS) is 18.3. The van der Waals surface area contributed by atoms with Gasteiger partial charge in [-0.1, -0.05) is 29.8 Å². The number of ether oxygens (including phenoxy) is 4. The van der Waals surface area contributed by atoms with E-state index in [0.717, 1.165) is 45.9 Å². The number of benzene rings is 2. The van der Waals surface area contributed by atoms with Crippen LogP contribution in [0.5, 0.6) is 5.75 Å². The van der Waals surface area contributed by atoms with Gasteiger partial charge in [-0.25, -0.2) is 9.78 Å².